The molecule has 0 fully saturated rings. The van der Waals surface area contributed by atoms with Crippen molar-refractivity contribution in [2.24, 2.45) is 0 Å². The van der Waals surface area contributed by atoms with Crippen LogP contribution in [-0.2, 0) is 13.1 Å². The van der Waals surface area contributed by atoms with Crippen LogP contribution in [0.5, 0.6) is 11.5 Å². The number of aromatic nitrogens is 1. The lowest BCUT2D eigenvalue weighted by molar-refractivity contribution is 0.0940. The summed E-state index contributed by atoms with van der Waals surface area (Å²) in [5.74, 6) is 1.39. The molecule has 2 heterocycles. The van der Waals surface area contributed by atoms with Crippen LogP contribution in [0.15, 0.2) is 42.5 Å². The molecule has 0 bridgehead atoms. The molecule has 2 aromatic carbocycles. The highest BCUT2D eigenvalue weighted by atomic mass is 35.5. The number of hydrogen-bond donors (Lipinski definition) is 1. The molecule has 4 rings (SSSR count). The number of nitrogens with zero attached hydrogens (tertiary/aromatic N) is 1. The Morgan fingerprint density at radius 2 is 2.20 bits per heavy atom. The number of rotatable bonds is 4. The number of hydrogen-bond acceptors (Lipinski definition) is 3. The van der Waals surface area contributed by atoms with Gasteiger partial charge < -0.3 is 19.4 Å². The van der Waals surface area contributed by atoms with Crippen molar-refractivity contribution in [3.63, 3.8) is 0 Å². The Morgan fingerprint density at radius 1 is 1.32 bits per heavy atom. The third-order valence-electron chi connectivity index (χ3n) is 4.36. The molecule has 3 aromatic rings. The molecule has 0 aliphatic carbocycles. The zero-order chi connectivity index (χ0) is 17.4. The van der Waals surface area contributed by atoms with Crippen LogP contribution in [0.1, 0.15) is 16.1 Å². The standard InChI is InChI=1S/C19H17ClN2O3/c1-24-13-4-2-3-12(9-13)11-21-19(23)16-10-14-15(20)5-6-17-18(14)22(16)7-8-25-17/h2-6,9-10H,7-8,11H2,1H3,(H,21,23). The molecule has 1 aliphatic rings. The van der Waals surface area contributed by atoms with Gasteiger partial charge in [0.25, 0.3) is 5.91 Å². The van der Waals surface area contributed by atoms with Gasteiger partial charge in [-0.15, -0.1) is 0 Å². The van der Waals surface area contributed by atoms with E-state index in [0.29, 0.717) is 30.4 Å². The average molecular weight is 357 g/mol. The Kier molecular flexibility index (Phi) is 4.01. The SMILES string of the molecule is COc1cccc(CNC(=O)c2cc3c(Cl)ccc4c3n2CCO4)c1. The van der Waals surface area contributed by atoms with Gasteiger partial charge >= 0.3 is 0 Å². The summed E-state index contributed by atoms with van der Waals surface area (Å²) in [6, 6.07) is 13.1. The van der Waals surface area contributed by atoms with E-state index in [-0.39, 0.29) is 5.91 Å². The summed E-state index contributed by atoms with van der Waals surface area (Å²) in [5.41, 5.74) is 2.45. The Morgan fingerprint density at radius 3 is 3.04 bits per heavy atom. The number of halogens is 1. The first-order valence-electron chi connectivity index (χ1n) is 8.03. The molecule has 1 aromatic heterocycles. The number of methoxy groups -OCH3 is 1. The van der Waals surface area contributed by atoms with E-state index in [1.54, 1.807) is 13.2 Å². The molecule has 0 unspecified atom stereocenters. The lowest BCUT2D eigenvalue weighted by Gasteiger charge is -2.19. The summed E-state index contributed by atoms with van der Waals surface area (Å²) in [6.45, 7) is 1.59. The quantitative estimate of drug-likeness (QED) is 0.776. The number of carbonyl (C=O) groups excluding carboxylic acids is 1. The first kappa shape index (κ1) is 15.8. The van der Waals surface area contributed by atoms with E-state index in [9.17, 15) is 4.79 Å². The molecular weight excluding hydrogens is 340 g/mol. The molecule has 0 saturated heterocycles. The molecule has 0 atom stereocenters. The van der Waals surface area contributed by atoms with Crippen LogP contribution in [0.2, 0.25) is 5.02 Å². The van der Waals surface area contributed by atoms with Crippen molar-refractivity contribution < 1.29 is 14.3 Å². The maximum absolute atomic E-state index is 12.7. The van der Waals surface area contributed by atoms with Gasteiger partial charge in [0, 0.05) is 11.9 Å². The number of nitrogens with one attached hydrogen (secondary N) is 1. The second-order valence-corrected chi connectivity index (χ2v) is 6.28. The summed E-state index contributed by atoms with van der Waals surface area (Å²) < 4.78 is 12.9. The Hall–Kier alpha value is -2.66. The first-order chi connectivity index (χ1) is 12.2. The summed E-state index contributed by atoms with van der Waals surface area (Å²) in [4.78, 5) is 12.7. The van der Waals surface area contributed by atoms with Gasteiger partial charge in [-0.2, -0.15) is 0 Å². The van der Waals surface area contributed by atoms with Crippen LogP contribution in [0.25, 0.3) is 10.9 Å². The molecule has 1 N–H and O–H groups in total. The average Bonchev–Trinajstić information content (AvgIpc) is 3.05. The van der Waals surface area contributed by atoms with E-state index in [4.69, 9.17) is 21.1 Å². The topological polar surface area (TPSA) is 52.5 Å². The van der Waals surface area contributed by atoms with Crippen LogP contribution in [0, 0.1) is 0 Å². The molecule has 25 heavy (non-hydrogen) atoms. The highest BCUT2D eigenvalue weighted by molar-refractivity contribution is 6.36. The van der Waals surface area contributed by atoms with Gasteiger partial charge in [0.2, 0.25) is 0 Å². The number of amides is 1. The van der Waals surface area contributed by atoms with E-state index >= 15 is 0 Å². The number of carbonyl (C=O) groups is 1. The first-order valence-corrected chi connectivity index (χ1v) is 8.41. The number of ether oxygens (including phenoxy) is 2. The Labute approximate surface area is 150 Å². The van der Waals surface area contributed by atoms with E-state index in [0.717, 1.165) is 28.0 Å². The largest absolute Gasteiger partial charge is 0.497 e. The number of benzene rings is 2. The van der Waals surface area contributed by atoms with Gasteiger partial charge in [-0.1, -0.05) is 23.7 Å². The highest BCUT2D eigenvalue weighted by Gasteiger charge is 2.22. The van der Waals surface area contributed by atoms with Gasteiger partial charge in [-0.25, -0.2) is 0 Å². The fraction of sp³-hybridized carbons (Fsp3) is 0.211. The highest BCUT2D eigenvalue weighted by Crippen LogP contribution is 2.36. The molecule has 128 valence electrons. The Balaban J connectivity index is 1.62. The third-order valence-corrected chi connectivity index (χ3v) is 4.69. The van der Waals surface area contributed by atoms with Crippen LogP contribution in [-0.4, -0.2) is 24.2 Å². The van der Waals surface area contributed by atoms with Crippen molar-refractivity contribution in [1.29, 1.82) is 0 Å². The van der Waals surface area contributed by atoms with Gasteiger partial charge in [-0.05, 0) is 35.9 Å². The van der Waals surface area contributed by atoms with Crippen molar-refractivity contribution in [2.45, 2.75) is 13.1 Å². The van der Waals surface area contributed by atoms with Gasteiger partial charge in [0.1, 0.15) is 23.8 Å². The van der Waals surface area contributed by atoms with Crippen molar-refractivity contribution in [3.8, 4) is 11.5 Å². The summed E-state index contributed by atoms with van der Waals surface area (Å²) in [6.07, 6.45) is 0. The van der Waals surface area contributed by atoms with Crippen LogP contribution in [0.4, 0.5) is 0 Å². The van der Waals surface area contributed by atoms with Crippen molar-refractivity contribution in [1.82, 2.24) is 9.88 Å². The maximum Gasteiger partial charge on any atom is 0.268 e. The van der Waals surface area contributed by atoms with E-state index in [1.807, 2.05) is 41.0 Å². The molecule has 0 spiro atoms. The maximum atomic E-state index is 12.7. The van der Waals surface area contributed by atoms with Gasteiger partial charge in [0.05, 0.1) is 24.2 Å². The second kappa shape index (κ2) is 6.33. The molecular formula is C19H17ClN2O3. The van der Waals surface area contributed by atoms with Crippen LogP contribution < -0.4 is 14.8 Å². The molecule has 6 heteroatoms. The van der Waals surface area contributed by atoms with E-state index in [2.05, 4.69) is 5.32 Å². The molecule has 1 amide bonds. The molecule has 5 nitrogen and oxygen atoms in total. The fourth-order valence-corrected chi connectivity index (χ4v) is 3.36. The minimum Gasteiger partial charge on any atom is -0.497 e. The summed E-state index contributed by atoms with van der Waals surface area (Å²) >= 11 is 6.29. The molecule has 1 aliphatic heterocycles. The van der Waals surface area contributed by atoms with Crippen molar-refractivity contribution in [2.75, 3.05) is 13.7 Å². The minimum absolute atomic E-state index is 0.136. The predicted molar refractivity (Wildman–Crippen MR) is 96.6 cm³/mol. The lowest BCUT2D eigenvalue weighted by atomic mass is 10.2. The van der Waals surface area contributed by atoms with Crippen LogP contribution in [0.3, 0.4) is 0 Å². The zero-order valence-electron chi connectivity index (χ0n) is 13.7. The molecule has 0 saturated carbocycles. The van der Waals surface area contributed by atoms with Crippen molar-refractivity contribution in [3.05, 3.63) is 58.7 Å². The zero-order valence-corrected chi connectivity index (χ0v) is 14.5. The predicted octanol–water partition coefficient (Wildman–Crippen LogP) is 3.63. The third kappa shape index (κ3) is 2.81. The smallest absolute Gasteiger partial charge is 0.268 e. The normalized spacial score (nSPS) is 12.7. The van der Waals surface area contributed by atoms with Crippen molar-refractivity contribution >= 4 is 28.4 Å². The summed E-state index contributed by atoms with van der Waals surface area (Å²) in [7, 11) is 1.62. The lowest BCUT2D eigenvalue weighted by Crippen LogP contribution is -2.27. The fourth-order valence-electron chi connectivity index (χ4n) is 3.15. The van der Waals surface area contributed by atoms with Crippen LogP contribution >= 0.6 is 11.6 Å². The van der Waals surface area contributed by atoms with E-state index < -0.39 is 0 Å². The molecule has 0 radical (unpaired) electrons. The van der Waals surface area contributed by atoms with E-state index in [1.165, 1.54) is 0 Å². The van der Waals surface area contributed by atoms with Gasteiger partial charge in [0.15, 0.2) is 0 Å². The minimum atomic E-state index is -0.136. The Bertz CT molecular complexity index is 965. The monoisotopic (exact) mass is 356 g/mol. The second-order valence-electron chi connectivity index (χ2n) is 5.87. The van der Waals surface area contributed by atoms with Gasteiger partial charge in [-0.3, -0.25) is 4.79 Å². The summed E-state index contributed by atoms with van der Waals surface area (Å²) in [5, 5.41) is 4.42.